The van der Waals surface area contributed by atoms with E-state index in [9.17, 15) is 13.2 Å². The van der Waals surface area contributed by atoms with Crippen LogP contribution in [-0.4, -0.2) is 26.6 Å². The fourth-order valence-corrected chi connectivity index (χ4v) is 5.82. The van der Waals surface area contributed by atoms with Crippen LogP contribution in [0.2, 0.25) is 5.02 Å². The molecule has 0 spiro atoms. The summed E-state index contributed by atoms with van der Waals surface area (Å²) in [5.74, 6) is -0.306. The quantitative estimate of drug-likeness (QED) is 0.559. The summed E-state index contributed by atoms with van der Waals surface area (Å²) in [4.78, 5) is 13.4. The number of hydrogen-bond donors (Lipinski definition) is 1. The molecule has 2 aromatic carbocycles. The van der Waals surface area contributed by atoms with Gasteiger partial charge in [0.05, 0.1) is 18.0 Å². The van der Waals surface area contributed by atoms with Gasteiger partial charge in [-0.05, 0) is 79.8 Å². The summed E-state index contributed by atoms with van der Waals surface area (Å²) in [5, 5.41) is 3.58. The predicted octanol–water partition coefficient (Wildman–Crippen LogP) is 5.34. The lowest BCUT2D eigenvalue weighted by molar-refractivity contribution is -0.123. The number of halogens is 1. The molecule has 0 bridgehead atoms. The van der Waals surface area contributed by atoms with Crippen molar-refractivity contribution in [3.63, 3.8) is 0 Å². The first-order chi connectivity index (χ1) is 15.2. The largest absolute Gasteiger partial charge is 0.347 e. The van der Waals surface area contributed by atoms with Gasteiger partial charge in [0.1, 0.15) is 6.04 Å². The van der Waals surface area contributed by atoms with Crippen molar-refractivity contribution < 1.29 is 13.2 Å². The molecule has 1 aliphatic rings. The monoisotopic (exact) mass is 476 g/mol. The fraction of sp³-hybridized carbons (Fsp3) is 0.480. The molecule has 0 saturated carbocycles. The van der Waals surface area contributed by atoms with Crippen molar-refractivity contribution >= 4 is 33.2 Å². The molecule has 0 heterocycles. The van der Waals surface area contributed by atoms with Crippen LogP contribution < -0.4 is 9.62 Å². The van der Waals surface area contributed by atoms with Gasteiger partial charge in [0.2, 0.25) is 15.9 Å². The third kappa shape index (κ3) is 5.46. The van der Waals surface area contributed by atoms with E-state index in [1.807, 2.05) is 20.8 Å². The third-order valence-electron chi connectivity index (χ3n) is 6.24. The predicted molar refractivity (Wildman–Crippen MR) is 132 cm³/mol. The van der Waals surface area contributed by atoms with E-state index in [4.69, 9.17) is 11.6 Å². The summed E-state index contributed by atoms with van der Waals surface area (Å²) in [6, 6.07) is 10.5. The number of anilines is 1. The van der Waals surface area contributed by atoms with Gasteiger partial charge in [-0.15, -0.1) is 0 Å². The molecule has 174 valence electrons. The Morgan fingerprint density at radius 2 is 1.75 bits per heavy atom. The van der Waals surface area contributed by atoms with Crippen LogP contribution in [0.4, 0.5) is 5.69 Å². The lowest BCUT2D eigenvalue weighted by Crippen LogP contribution is -2.50. The lowest BCUT2D eigenvalue weighted by atomic mass is 9.88. The van der Waals surface area contributed by atoms with Gasteiger partial charge in [-0.25, -0.2) is 8.42 Å². The molecule has 7 heteroatoms. The minimum Gasteiger partial charge on any atom is -0.347 e. The van der Waals surface area contributed by atoms with E-state index in [1.54, 1.807) is 18.2 Å². The van der Waals surface area contributed by atoms with Crippen LogP contribution in [0.1, 0.15) is 67.8 Å². The first-order valence-corrected chi connectivity index (χ1v) is 13.6. The fourth-order valence-electron chi connectivity index (χ4n) is 4.44. The maximum Gasteiger partial charge on any atom is 0.244 e. The van der Waals surface area contributed by atoms with Crippen molar-refractivity contribution in [3.8, 4) is 0 Å². The van der Waals surface area contributed by atoms with Gasteiger partial charge in [-0.3, -0.25) is 9.10 Å². The molecule has 0 unspecified atom stereocenters. The highest BCUT2D eigenvalue weighted by Gasteiger charge is 2.33. The average Bonchev–Trinajstić information content (AvgIpc) is 2.76. The van der Waals surface area contributed by atoms with E-state index >= 15 is 0 Å². The highest BCUT2D eigenvalue weighted by Crippen LogP contribution is 2.29. The Morgan fingerprint density at radius 3 is 2.34 bits per heavy atom. The number of carbonyl (C=O) groups is 1. The van der Waals surface area contributed by atoms with Crippen LogP contribution in [0.15, 0.2) is 36.4 Å². The number of nitrogens with one attached hydrogen (secondary N) is 1. The van der Waals surface area contributed by atoms with Crippen LogP contribution >= 0.6 is 11.6 Å². The Bertz CT molecular complexity index is 1080. The second kappa shape index (κ2) is 10.3. The first kappa shape index (κ1) is 24.6. The lowest BCUT2D eigenvalue weighted by Gasteiger charge is -2.32. The summed E-state index contributed by atoms with van der Waals surface area (Å²) in [6.07, 6.45) is 6.78. The molecule has 2 atom stereocenters. The number of rotatable bonds is 8. The Balaban J connectivity index is 1.89. The molecule has 1 amide bonds. The van der Waals surface area contributed by atoms with Gasteiger partial charge in [-0.1, -0.05) is 49.7 Å². The Hall–Kier alpha value is -2.05. The number of benzene rings is 2. The minimum absolute atomic E-state index is 0.174. The number of carbonyl (C=O) groups excluding carboxylic acids is 1. The standard InChI is InChI=1S/C25H33ClN2O3S/c1-5-23(20-13-12-18-9-7-8-10-19(18)15-20)27-25(29)24(6-2)28(32(4,30)31)21-14-11-17(3)22(26)16-21/h11-16,23-24H,5-10H2,1-4H3,(H,27,29)/t23-,24-/m0/s1. The molecule has 32 heavy (non-hydrogen) atoms. The van der Waals surface area contributed by atoms with Gasteiger partial charge in [0, 0.05) is 5.02 Å². The molecular formula is C25H33ClN2O3S. The van der Waals surface area contributed by atoms with Gasteiger partial charge < -0.3 is 5.32 Å². The molecule has 1 aliphatic carbocycles. The summed E-state index contributed by atoms with van der Waals surface area (Å²) >= 11 is 6.26. The molecule has 1 N–H and O–H groups in total. The Morgan fingerprint density at radius 1 is 1.06 bits per heavy atom. The van der Waals surface area contributed by atoms with Crippen molar-refractivity contribution in [1.29, 1.82) is 0 Å². The first-order valence-electron chi connectivity index (χ1n) is 11.3. The molecule has 0 aromatic heterocycles. The molecule has 0 saturated heterocycles. The van der Waals surface area contributed by atoms with Gasteiger partial charge in [0.15, 0.2) is 0 Å². The van der Waals surface area contributed by atoms with Crippen molar-refractivity contribution in [3.05, 3.63) is 63.7 Å². The van der Waals surface area contributed by atoms with E-state index in [0.29, 0.717) is 17.1 Å². The summed E-state index contributed by atoms with van der Waals surface area (Å²) in [5.41, 5.74) is 5.07. The Kier molecular flexibility index (Phi) is 7.88. The minimum atomic E-state index is -3.71. The van der Waals surface area contributed by atoms with E-state index in [-0.39, 0.29) is 11.9 Å². The maximum absolute atomic E-state index is 13.4. The number of nitrogens with zero attached hydrogens (tertiary/aromatic N) is 1. The van der Waals surface area contributed by atoms with Gasteiger partial charge in [0.25, 0.3) is 0 Å². The zero-order chi connectivity index (χ0) is 23.5. The molecule has 0 aliphatic heterocycles. The zero-order valence-corrected chi connectivity index (χ0v) is 20.9. The maximum atomic E-state index is 13.4. The average molecular weight is 477 g/mol. The van der Waals surface area contributed by atoms with Crippen LogP contribution in [-0.2, 0) is 27.7 Å². The Labute approximate surface area is 197 Å². The van der Waals surface area contributed by atoms with E-state index < -0.39 is 16.1 Å². The van der Waals surface area contributed by atoms with Crippen LogP contribution in [0.25, 0.3) is 0 Å². The van der Waals surface area contributed by atoms with Gasteiger partial charge >= 0.3 is 0 Å². The van der Waals surface area contributed by atoms with Crippen molar-refractivity contribution in [2.75, 3.05) is 10.6 Å². The number of aryl methyl sites for hydroxylation is 3. The van der Waals surface area contributed by atoms with Crippen molar-refractivity contribution in [1.82, 2.24) is 5.32 Å². The summed E-state index contributed by atoms with van der Waals surface area (Å²) in [6.45, 7) is 5.70. The van der Waals surface area contributed by atoms with Crippen molar-refractivity contribution in [2.45, 2.75) is 71.4 Å². The second-order valence-electron chi connectivity index (χ2n) is 8.62. The SMILES string of the molecule is CC[C@H](NC(=O)[C@H](CC)N(c1ccc(C)c(Cl)c1)S(C)(=O)=O)c1ccc2c(c1)CCCC2. The molecule has 2 aromatic rings. The third-order valence-corrected chi connectivity index (χ3v) is 7.83. The summed E-state index contributed by atoms with van der Waals surface area (Å²) < 4.78 is 26.6. The van der Waals surface area contributed by atoms with E-state index in [2.05, 4.69) is 23.5 Å². The summed E-state index contributed by atoms with van der Waals surface area (Å²) in [7, 11) is -3.71. The van der Waals surface area contributed by atoms with Crippen molar-refractivity contribution in [2.24, 2.45) is 0 Å². The van der Waals surface area contributed by atoms with Crippen LogP contribution in [0.5, 0.6) is 0 Å². The normalized spacial score (nSPS) is 15.5. The van der Waals surface area contributed by atoms with Crippen LogP contribution in [0, 0.1) is 6.92 Å². The van der Waals surface area contributed by atoms with E-state index in [1.165, 1.54) is 28.3 Å². The molecular weight excluding hydrogens is 444 g/mol. The number of amides is 1. The second-order valence-corrected chi connectivity index (χ2v) is 10.9. The number of sulfonamides is 1. The molecule has 0 fully saturated rings. The van der Waals surface area contributed by atoms with Gasteiger partial charge in [-0.2, -0.15) is 0 Å². The van der Waals surface area contributed by atoms with Crippen LogP contribution in [0.3, 0.4) is 0 Å². The number of fused-ring (bicyclic) bond motifs is 1. The molecule has 3 rings (SSSR count). The highest BCUT2D eigenvalue weighted by molar-refractivity contribution is 7.92. The highest BCUT2D eigenvalue weighted by atomic mass is 35.5. The van der Waals surface area contributed by atoms with E-state index in [0.717, 1.165) is 36.6 Å². The topological polar surface area (TPSA) is 66.5 Å². The smallest absolute Gasteiger partial charge is 0.244 e. The zero-order valence-electron chi connectivity index (χ0n) is 19.3. The molecule has 0 radical (unpaired) electrons. The molecule has 5 nitrogen and oxygen atoms in total. The number of hydrogen-bond acceptors (Lipinski definition) is 3.